The van der Waals surface area contributed by atoms with E-state index >= 15 is 0 Å². The number of anilines is 1. The minimum Gasteiger partial charge on any atom is -0.477 e. The van der Waals surface area contributed by atoms with Crippen LogP contribution in [-0.2, 0) is 4.79 Å². The van der Waals surface area contributed by atoms with Crippen LogP contribution in [0.4, 0.5) is 5.82 Å². The average molecular weight is 363 g/mol. The maximum atomic E-state index is 11.8. The molecule has 0 aliphatic rings. The largest absolute Gasteiger partial charge is 0.477 e. The Kier molecular flexibility index (Phi) is 5.46. The van der Waals surface area contributed by atoms with Crippen molar-refractivity contribution < 1.29 is 14.7 Å². The van der Waals surface area contributed by atoms with Gasteiger partial charge in [-0.2, -0.15) is 0 Å². The second kappa shape index (κ2) is 7.13. The monoisotopic (exact) mass is 362 g/mol. The van der Waals surface area contributed by atoms with E-state index in [1.807, 2.05) is 0 Å². The first kappa shape index (κ1) is 16.1. The van der Waals surface area contributed by atoms with E-state index in [9.17, 15) is 9.59 Å². The van der Waals surface area contributed by atoms with E-state index in [-0.39, 0.29) is 27.4 Å². The number of aromatic carboxylic acids is 1. The summed E-state index contributed by atoms with van der Waals surface area (Å²) >= 11 is 14.0. The summed E-state index contributed by atoms with van der Waals surface area (Å²) in [4.78, 5) is 27.4. The van der Waals surface area contributed by atoms with E-state index in [0.717, 1.165) is 16.2 Å². The Morgan fingerprint density at radius 3 is 2.76 bits per heavy atom. The lowest BCUT2D eigenvalue weighted by Gasteiger charge is -2.05. The summed E-state index contributed by atoms with van der Waals surface area (Å²) in [6.07, 6.45) is 1.38. The number of pyridine rings is 1. The molecule has 0 saturated heterocycles. The fourth-order valence-corrected chi connectivity index (χ4v) is 3.43. The molecule has 9 heteroatoms. The summed E-state index contributed by atoms with van der Waals surface area (Å²) in [6, 6.07) is 3.01. The summed E-state index contributed by atoms with van der Waals surface area (Å²) in [5.74, 6) is -0.910. The molecule has 5 nitrogen and oxygen atoms in total. The maximum absolute atomic E-state index is 11.8. The molecule has 2 rings (SSSR count). The van der Waals surface area contributed by atoms with Gasteiger partial charge in [-0.1, -0.05) is 23.2 Å². The summed E-state index contributed by atoms with van der Waals surface area (Å²) in [5.41, 5.74) is 0. The minimum absolute atomic E-state index is 0.121. The molecule has 0 aromatic carbocycles. The molecule has 0 saturated carbocycles. The second-order valence-corrected chi connectivity index (χ2v) is 6.58. The molecule has 2 N–H and O–H groups in total. The van der Waals surface area contributed by atoms with Crippen LogP contribution in [0.1, 0.15) is 9.67 Å². The van der Waals surface area contributed by atoms with E-state index in [2.05, 4.69) is 10.3 Å². The zero-order chi connectivity index (χ0) is 15.4. The number of hydrogen-bond donors (Lipinski definition) is 2. The smallest absolute Gasteiger partial charge is 0.345 e. The zero-order valence-corrected chi connectivity index (χ0v) is 13.4. The normalized spacial score (nSPS) is 10.4. The third kappa shape index (κ3) is 4.60. The van der Waals surface area contributed by atoms with Crippen molar-refractivity contribution in [3.8, 4) is 0 Å². The zero-order valence-electron chi connectivity index (χ0n) is 10.3. The number of nitrogens with one attached hydrogen (secondary N) is 1. The predicted molar refractivity (Wildman–Crippen MR) is 84.9 cm³/mol. The molecule has 0 bridgehead atoms. The van der Waals surface area contributed by atoms with Crippen molar-refractivity contribution >= 4 is 64.0 Å². The van der Waals surface area contributed by atoms with E-state index in [0.29, 0.717) is 5.02 Å². The second-order valence-electron chi connectivity index (χ2n) is 3.77. The number of aromatic nitrogens is 1. The van der Waals surface area contributed by atoms with E-state index in [4.69, 9.17) is 28.3 Å². The lowest BCUT2D eigenvalue weighted by atomic mass is 10.4. The Bertz CT molecular complexity index is 691. The van der Waals surface area contributed by atoms with Crippen molar-refractivity contribution in [3.63, 3.8) is 0 Å². The molecule has 2 heterocycles. The van der Waals surface area contributed by atoms with Gasteiger partial charge in [0.2, 0.25) is 5.91 Å². The Labute approximate surface area is 138 Å². The third-order valence-electron chi connectivity index (χ3n) is 2.22. The molecular formula is C12H8Cl2N2O3S2. The summed E-state index contributed by atoms with van der Waals surface area (Å²) in [7, 11) is 0. The van der Waals surface area contributed by atoms with Crippen molar-refractivity contribution in [1.82, 2.24) is 4.98 Å². The average Bonchev–Trinajstić information content (AvgIpc) is 2.89. The molecule has 0 atom stereocenters. The standard InChI is InChI=1S/C12H8Cl2N2O3S2/c13-6-1-8(14)11(15-3-6)16-10(17)5-20-7-2-9(12(18)19)21-4-7/h1-4H,5H2,(H,18,19)(H,15,16,17). The Morgan fingerprint density at radius 1 is 1.38 bits per heavy atom. The van der Waals surface area contributed by atoms with Crippen molar-refractivity contribution in [2.24, 2.45) is 0 Å². The number of amides is 1. The van der Waals surface area contributed by atoms with Crippen LogP contribution in [0.15, 0.2) is 28.6 Å². The molecule has 2 aromatic heterocycles. The number of halogens is 2. The van der Waals surface area contributed by atoms with Crippen LogP contribution in [0.5, 0.6) is 0 Å². The lowest BCUT2D eigenvalue weighted by Crippen LogP contribution is -2.15. The fraction of sp³-hybridized carbons (Fsp3) is 0.0833. The van der Waals surface area contributed by atoms with Crippen molar-refractivity contribution in [2.75, 3.05) is 11.1 Å². The molecule has 0 spiro atoms. The van der Waals surface area contributed by atoms with Crippen LogP contribution in [-0.4, -0.2) is 27.7 Å². The number of carboxylic acid groups (broad SMARTS) is 1. The number of rotatable bonds is 5. The number of hydrogen-bond acceptors (Lipinski definition) is 5. The summed E-state index contributed by atoms with van der Waals surface area (Å²) in [5, 5.41) is 13.7. The number of thiophene rings is 1. The molecule has 0 unspecified atom stereocenters. The molecule has 0 aliphatic carbocycles. The highest BCUT2D eigenvalue weighted by Crippen LogP contribution is 2.26. The molecule has 0 aliphatic heterocycles. The first-order valence-corrected chi connectivity index (χ1v) is 8.13. The van der Waals surface area contributed by atoms with Gasteiger partial charge in [0.05, 0.1) is 15.8 Å². The highest BCUT2D eigenvalue weighted by atomic mass is 35.5. The highest BCUT2D eigenvalue weighted by molar-refractivity contribution is 8.00. The van der Waals surface area contributed by atoms with E-state index in [1.165, 1.54) is 30.1 Å². The Morgan fingerprint density at radius 2 is 2.14 bits per heavy atom. The molecule has 21 heavy (non-hydrogen) atoms. The minimum atomic E-state index is -0.978. The number of carbonyl (C=O) groups excluding carboxylic acids is 1. The summed E-state index contributed by atoms with van der Waals surface area (Å²) in [6.45, 7) is 0. The molecule has 0 radical (unpaired) electrons. The van der Waals surface area contributed by atoms with Crippen molar-refractivity contribution in [1.29, 1.82) is 0 Å². The van der Waals surface area contributed by atoms with Gasteiger partial charge in [-0.05, 0) is 12.1 Å². The molecule has 110 valence electrons. The molecule has 1 amide bonds. The van der Waals surface area contributed by atoms with Crippen LogP contribution in [0, 0.1) is 0 Å². The predicted octanol–water partition coefficient (Wildman–Crippen LogP) is 3.88. The van der Waals surface area contributed by atoms with Crippen molar-refractivity contribution in [3.05, 3.63) is 38.6 Å². The fourth-order valence-electron chi connectivity index (χ4n) is 1.33. The number of nitrogens with zero attached hydrogens (tertiary/aromatic N) is 1. The topological polar surface area (TPSA) is 79.3 Å². The van der Waals surface area contributed by atoms with E-state index < -0.39 is 5.97 Å². The maximum Gasteiger partial charge on any atom is 0.345 e. The van der Waals surface area contributed by atoms with Gasteiger partial charge in [-0.25, -0.2) is 9.78 Å². The van der Waals surface area contributed by atoms with Gasteiger partial charge in [0.25, 0.3) is 0 Å². The third-order valence-corrected chi connectivity index (χ3v) is 4.76. The van der Waals surface area contributed by atoms with Gasteiger partial charge in [0, 0.05) is 16.5 Å². The van der Waals surface area contributed by atoms with Crippen LogP contribution in [0.2, 0.25) is 10.0 Å². The number of carboxylic acids is 1. The SMILES string of the molecule is O=C(CSc1csc(C(=O)O)c1)Nc1ncc(Cl)cc1Cl. The number of thioether (sulfide) groups is 1. The Balaban J connectivity index is 1.91. The van der Waals surface area contributed by atoms with Gasteiger partial charge in [0.15, 0.2) is 5.82 Å². The quantitative estimate of drug-likeness (QED) is 0.789. The van der Waals surface area contributed by atoms with Gasteiger partial charge in [0.1, 0.15) is 4.88 Å². The van der Waals surface area contributed by atoms with Crippen molar-refractivity contribution in [2.45, 2.75) is 4.90 Å². The highest BCUT2D eigenvalue weighted by Gasteiger charge is 2.11. The molecule has 0 fully saturated rings. The lowest BCUT2D eigenvalue weighted by molar-refractivity contribution is -0.113. The molecule has 2 aromatic rings. The number of carbonyl (C=O) groups is 2. The van der Waals surface area contributed by atoms with Crippen LogP contribution < -0.4 is 5.32 Å². The van der Waals surface area contributed by atoms with Gasteiger partial charge >= 0.3 is 5.97 Å². The van der Waals surface area contributed by atoms with Gasteiger partial charge in [-0.15, -0.1) is 23.1 Å². The van der Waals surface area contributed by atoms with Gasteiger partial charge in [-0.3, -0.25) is 4.79 Å². The molecular weight excluding hydrogens is 355 g/mol. The Hall–Kier alpha value is -1.28. The first-order valence-electron chi connectivity index (χ1n) is 5.51. The van der Waals surface area contributed by atoms with Crippen LogP contribution in [0.3, 0.4) is 0 Å². The van der Waals surface area contributed by atoms with E-state index in [1.54, 1.807) is 5.38 Å². The first-order chi connectivity index (χ1) is 9.95. The summed E-state index contributed by atoms with van der Waals surface area (Å²) < 4.78 is 0. The van der Waals surface area contributed by atoms with Gasteiger partial charge < -0.3 is 10.4 Å². The van der Waals surface area contributed by atoms with Crippen LogP contribution in [0.25, 0.3) is 0 Å². The van der Waals surface area contributed by atoms with Crippen LogP contribution >= 0.6 is 46.3 Å².